The fourth-order valence-electron chi connectivity index (χ4n) is 2.44. The normalized spacial score (nSPS) is 20.4. The molecule has 1 aliphatic heterocycles. The number of rotatable bonds is 4. The first-order valence-electron chi connectivity index (χ1n) is 5.94. The lowest BCUT2D eigenvalue weighted by Crippen LogP contribution is -2.29. The van der Waals surface area contributed by atoms with Gasteiger partial charge in [0.05, 0.1) is 0 Å². The largest absolute Gasteiger partial charge is 0.396 e. The molecular formula is C13H18BrNO. The van der Waals surface area contributed by atoms with E-state index in [1.807, 2.05) is 0 Å². The maximum Gasteiger partial charge on any atom is 0.0431 e. The quantitative estimate of drug-likeness (QED) is 0.918. The molecule has 0 aliphatic carbocycles. The summed E-state index contributed by atoms with van der Waals surface area (Å²) in [5, 5.41) is 8.90. The molecule has 1 aromatic carbocycles. The SMILES string of the molecule is OCCCC1CCCN1c1ccc(Br)cc1. The number of anilines is 1. The number of aliphatic hydroxyl groups excluding tert-OH is 1. The summed E-state index contributed by atoms with van der Waals surface area (Å²) in [5.74, 6) is 0. The number of benzene rings is 1. The molecule has 0 spiro atoms. The van der Waals surface area contributed by atoms with Gasteiger partial charge in [0.15, 0.2) is 0 Å². The Kier molecular flexibility index (Phi) is 4.24. The minimum Gasteiger partial charge on any atom is -0.396 e. The van der Waals surface area contributed by atoms with Crippen molar-refractivity contribution in [2.75, 3.05) is 18.1 Å². The van der Waals surface area contributed by atoms with E-state index in [0.29, 0.717) is 12.6 Å². The molecule has 1 heterocycles. The first-order chi connectivity index (χ1) is 7.81. The Balaban J connectivity index is 2.04. The molecule has 0 aromatic heterocycles. The summed E-state index contributed by atoms with van der Waals surface area (Å²) in [6.45, 7) is 1.46. The molecule has 3 heteroatoms. The number of aliphatic hydroxyl groups is 1. The molecule has 1 fully saturated rings. The molecule has 1 N–H and O–H groups in total. The molecular weight excluding hydrogens is 266 g/mol. The van der Waals surface area contributed by atoms with Crippen LogP contribution < -0.4 is 4.90 Å². The van der Waals surface area contributed by atoms with Crippen molar-refractivity contribution >= 4 is 21.6 Å². The third kappa shape index (κ3) is 2.77. The minimum atomic E-state index is 0.310. The Morgan fingerprint density at radius 1 is 1.31 bits per heavy atom. The van der Waals surface area contributed by atoms with Gasteiger partial charge in [-0.15, -0.1) is 0 Å². The van der Waals surface area contributed by atoms with Gasteiger partial charge in [-0.3, -0.25) is 0 Å². The van der Waals surface area contributed by atoms with Gasteiger partial charge < -0.3 is 10.0 Å². The van der Waals surface area contributed by atoms with Gasteiger partial charge in [-0.05, 0) is 49.9 Å². The first kappa shape index (κ1) is 11.9. The highest BCUT2D eigenvalue weighted by Crippen LogP contribution is 2.28. The zero-order valence-electron chi connectivity index (χ0n) is 9.40. The lowest BCUT2D eigenvalue weighted by atomic mass is 10.1. The van der Waals surface area contributed by atoms with Crippen LogP contribution in [0.15, 0.2) is 28.7 Å². The fourth-order valence-corrected chi connectivity index (χ4v) is 2.70. The van der Waals surface area contributed by atoms with E-state index in [2.05, 4.69) is 45.1 Å². The highest BCUT2D eigenvalue weighted by molar-refractivity contribution is 9.10. The van der Waals surface area contributed by atoms with Crippen LogP contribution in [0.5, 0.6) is 0 Å². The van der Waals surface area contributed by atoms with E-state index in [1.165, 1.54) is 18.5 Å². The van der Waals surface area contributed by atoms with Gasteiger partial charge in [-0.1, -0.05) is 15.9 Å². The molecule has 2 rings (SSSR count). The molecule has 1 unspecified atom stereocenters. The Morgan fingerprint density at radius 3 is 2.75 bits per heavy atom. The van der Waals surface area contributed by atoms with Crippen LogP contribution in [-0.2, 0) is 0 Å². The maximum atomic E-state index is 8.90. The second-order valence-electron chi connectivity index (χ2n) is 4.33. The monoisotopic (exact) mass is 283 g/mol. The zero-order chi connectivity index (χ0) is 11.4. The van der Waals surface area contributed by atoms with E-state index in [0.717, 1.165) is 23.9 Å². The third-order valence-electron chi connectivity index (χ3n) is 3.23. The van der Waals surface area contributed by atoms with E-state index < -0.39 is 0 Å². The Labute approximate surface area is 105 Å². The molecule has 1 aromatic rings. The van der Waals surface area contributed by atoms with Crippen molar-refractivity contribution in [2.45, 2.75) is 31.7 Å². The summed E-state index contributed by atoms with van der Waals surface area (Å²) in [7, 11) is 0. The molecule has 1 saturated heterocycles. The fraction of sp³-hybridized carbons (Fsp3) is 0.538. The van der Waals surface area contributed by atoms with Crippen molar-refractivity contribution in [1.82, 2.24) is 0 Å². The van der Waals surface area contributed by atoms with Gasteiger partial charge in [0.25, 0.3) is 0 Å². The lowest BCUT2D eigenvalue weighted by Gasteiger charge is -2.26. The minimum absolute atomic E-state index is 0.310. The highest BCUT2D eigenvalue weighted by Gasteiger charge is 2.23. The van der Waals surface area contributed by atoms with Crippen molar-refractivity contribution in [1.29, 1.82) is 0 Å². The predicted octanol–water partition coefficient (Wildman–Crippen LogP) is 3.19. The van der Waals surface area contributed by atoms with E-state index in [4.69, 9.17) is 5.11 Å². The van der Waals surface area contributed by atoms with Crippen LogP contribution in [0.25, 0.3) is 0 Å². The molecule has 0 radical (unpaired) electrons. The van der Waals surface area contributed by atoms with Gasteiger partial charge in [0, 0.05) is 29.4 Å². The second-order valence-corrected chi connectivity index (χ2v) is 5.25. The van der Waals surface area contributed by atoms with Crippen LogP contribution in [-0.4, -0.2) is 24.3 Å². The van der Waals surface area contributed by atoms with E-state index in [1.54, 1.807) is 0 Å². The van der Waals surface area contributed by atoms with Crippen LogP contribution in [0.3, 0.4) is 0 Å². The van der Waals surface area contributed by atoms with E-state index >= 15 is 0 Å². The molecule has 1 aliphatic rings. The number of hydrogen-bond acceptors (Lipinski definition) is 2. The topological polar surface area (TPSA) is 23.5 Å². The van der Waals surface area contributed by atoms with Gasteiger partial charge in [0.1, 0.15) is 0 Å². The summed E-state index contributed by atoms with van der Waals surface area (Å²) in [6, 6.07) is 9.14. The maximum absolute atomic E-state index is 8.90. The van der Waals surface area contributed by atoms with Crippen molar-refractivity contribution in [3.8, 4) is 0 Å². The summed E-state index contributed by atoms with van der Waals surface area (Å²) in [5.41, 5.74) is 1.31. The Bertz CT molecular complexity index is 325. The van der Waals surface area contributed by atoms with Crippen LogP contribution in [0.1, 0.15) is 25.7 Å². The van der Waals surface area contributed by atoms with Crippen molar-refractivity contribution in [3.05, 3.63) is 28.7 Å². The smallest absolute Gasteiger partial charge is 0.0431 e. The van der Waals surface area contributed by atoms with Crippen LogP contribution in [0, 0.1) is 0 Å². The van der Waals surface area contributed by atoms with Gasteiger partial charge in [0.2, 0.25) is 0 Å². The predicted molar refractivity (Wildman–Crippen MR) is 70.8 cm³/mol. The number of halogens is 1. The van der Waals surface area contributed by atoms with Crippen LogP contribution >= 0.6 is 15.9 Å². The van der Waals surface area contributed by atoms with E-state index in [9.17, 15) is 0 Å². The van der Waals surface area contributed by atoms with Gasteiger partial charge >= 0.3 is 0 Å². The summed E-state index contributed by atoms with van der Waals surface area (Å²) in [4.78, 5) is 2.47. The van der Waals surface area contributed by atoms with Crippen LogP contribution in [0.4, 0.5) is 5.69 Å². The standard InChI is InChI=1S/C13H18BrNO/c14-11-5-7-13(8-6-11)15-9-1-3-12(15)4-2-10-16/h5-8,12,16H,1-4,9-10H2. The van der Waals surface area contributed by atoms with E-state index in [-0.39, 0.29) is 0 Å². The third-order valence-corrected chi connectivity index (χ3v) is 3.76. The van der Waals surface area contributed by atoms with Crippen LogP contribution in [0.2, 0.25) is 0 Å². The molecule has 0 bridgehead atoms. The van der Waals surface area contributed by atoms with Gasteiger partial charge in [-0.25, -0.2) is 0 Å². The molecule has 0 amide bonds. The summed E-state index contributed by atoms with van der Waals surface area (Å²) in [6.07, 6.45) is 4.55. The number of nitrogens with zero attached hydrogens (tertiary/aromatic N) is 1. The average molecular weight is 284 g/mol. The highest BCUT2D eigenvalue weighted by atomic mass is 79.9. The lowest BCUT2D eigenvalue weighted by molar-refractivity contribution is 0.279. The first-order valence-corrected chi connectivity index (χ1v) is 6.73. The molecule has 1 atom stereocenters. The van der Waals surface area contributed by atoms with Crippen molar-refractivity contribution < 1.29 is 5.11 Å². The second kappa shape index (κ2) is 5.69. The summed E-state index contributed by atoms with van der Waals surface area (Å²) < 4.78 is 1.13. The number of hydrogen-bond donors (Lipinski definition) is 1. The molecule has 16 heavy (non-hydrogen) atoms. The Morgan fingerprint density at radius 2 is 2.06 bits per heavy atom. The molecule has 0 saturated carbocycles. The zero-order valence-corrected chi connectivity index (χ0v) is 11.0. The average Bonchev–Trinajstić information content (AvgIpc) is 2.75. The molecule has 88 valence electrons. The van der Waals surface area contributed by atoms with Gasteiger partial charge in [-0.2, -0.15) is 0 Å². The Hall–Kier alpha value is -0.540. The molecule has 2 nitrogen and oxygen atoms in total. The van der Waals surface area contributed by atoms with Crippen molar-refractivity contribution in [2.24, 2.45) is 0 Å². The summed E-state index contributed by atoms with van der Waals surface area (Å²) >= 11 is 3.46. The van der Waals surface area contributed by atoms with Crippen molar-refractivity contribution in [3.63, 3.8) is 0 Å².